The van der Waals surface area contributed by atoms with Gasteiger partial charge in [-0.3, -0.25) is 9.59 Å². The summed E-state index contributed by atoms with van der Waals surface area (Å²) < 4.78 is 18.4. The number of carbonyl (C=O) groups is 3. The Morgan fingerprint density at radius 3 is 2.74 bits per heavy atom. The number of likely N-dealkylation sites (tertiary alicyclic amines) is 1. The summed E-state index contributed by atoms with van der Waals surface area (Å²) in [5, 5.41) is 0.146. The Kier molecular flexibility index (Phi) is 5.54. The van der Waals surface area contributed by atoms with Gasteiger partial charge in [-0.2, -0.15) is 0 Å². The average Bonchev–Trinajstić information content (AvgIpc) is 2.52. The minimum atomic E-state index is -0.972. The van der Waals surface area contributed by atoms with E-state index in [9.17, 15) is 18.8 Å². The van der Waals surface area contributed by atoms with Crippen LogP contribution < -0.4 is 5.73 Å². The second-order valence-electron chi connectivity index (χ2n) is 5.20. The molecule has 2 amide bonds. The molecule has 1 atom stereocenters. The van der Waals surface area contributed by atoms with Gasteiger partial charge in [0.2, 0.25) is 5.91 Å². The largest absolute Gasteiger partial charge is 0.452 e. The lowest BCUT2D eigenvalue weighted by Crippen LogP contribution is -2.51. The quantitative estimate of drug-likeness (QED) is 0.840. The number of nitrogens with zero attached hydrogens (tertiary/aromatic N) is 1. The highest BCUT2D eigenvalue weighted by Gasteiger charge is 2.31. The van der Waals surface area contributed by atoms with Crippen molar-refractivity contribution in [3.8, 4) is 0 Å². The summed E-state index contributed by atoms with van der Waals surface area (Å²) in [5.41, 5.74) is 4.96. The van der Waals surface area contributed by atoms with Crippen LogP contribution in [0.15, 0.2) is 18.2 Å². The fourth-order valence-electron chi connectivity index (χ4n) is 2.47. The maximum atomic E-state index is 13.6. The highest BCUT2D eigenvalue weighted by Crippen LogP contribution is 2.18. The zero-order valence-corrected chi connectivity index (χ0v) is 13.0. The van der Waals surface area contributed by atoms with E-state index in [2.05, 4.69) is 0 Å². The van der Waals surface area contributed by atoms with Crippen LogP contribution in [0.4, 0.5) is 4.39 Å². The van der Waals surface area contributed by atoms with E-state index in [0.717, 1.165) is 18.9 Å². The molecule has 0 spiro atoms. The lowest BCUT2D eigenvalue weighted by atomic mass is 10.0. The van der Waals surface area contributed by atoms with Crippen LogP contribution in [0.5, 0.6) is 0 Å². The highest BCUT2D eigenvalue weighted by molar-refractivity contribution is 6.30. The van der Waals surface area contributed by atoms with Gasteiger partial charge in [-0.15, -0.1) is 0 Å². The summed E-state index contributed by atoms with van der Waals surface area (Å²) in [4.78, 5) is 36.6. The van der Waals surface area contributed by atoms with Gasteiger partial charge in [0.15, 0.2) is 6.61 Å². The Labute approximate surface area is 137 Å². The van der Waals surface area contributed by atoms with Crippen LogP contribution >= 0.6 is 11.6 Å². The number of halogens is 2. The number of ether oxygens (including phenoxy) is 1. The molecule has 6 nitrogen and oxygen atoms in total. The maximum absolute atomic E-state index is 13.6. The number of hydrogen-bond donors (Lipinski definition) is 1. The van der Waals surface area contributed by atoms with Gasteiger partial charge in [-0.1, -0.05) is 11.6 Å². The molecular weight excluding hydrogens is 327 g/mol. The minimum Gasteiger partial charge on any atom is -0.452 e. The molecule has 2 N–H and O–H groups in total. The Morgan fingerprint density at radius 1 is 1.35 bits per heavy atom. The number of benzene rings is 1. The molecule has 0 unspecified atom stereocenters. The number of hydrogen-bond acceptors (Lipinski definition) is 4. The lowest BCUT2D eigenvalue weighted by molar-refractivity contribution is -0.143. The van der Waals surface area contributed by atoms with Crippen LogP contribution in [0.1, 0.15) is 29.6 Å². The first-order valence-corrected chi connectivity index (χ1v) is 7.49. The van der Waals surface area contributed by atoms with E-state index in [1.807, 2.05) is 0 Å². The molecule has 0 bridgehead atoms. The van der Waals surface area contributed by atoms with Crippen molar-refractivity contribution in [1.29, 1.82) is 0 Å². The summed E-state index contributed by atoms with van der Waals surface area (Å²) in [5.74, 6) is -2.92. The van der Waals surface area contributed by atoms with E-state index in [4.69, 9.17) is 22.1 Å². The number of nitrogens with two attached hydrogens (primary N) is 1. The molecule has 0 aliphatic carbocycles. The fourth-order valence-corrected chi connectivity index (χ4v) is 2.63. The molecule has 1 heterocycles. The second-order valence-corrected chi connectivity index (χ2v) is 5.64. The first-order valence-electron chi connectivity index (χ1n) is 7.11. The van der Waals surface area contributed by atoms with Crippen LogP contribution in [-0.2, 0) is 14.3 Å². The zero-order chi connectivity index (χ0) is 17.0. The fraction of sp³-hybridized carbons (Fsp3) is 0.400. The third-order valence-electron chi connectivity index (χ3n) is 3.63. The van der Waals surface area contributed by atoms with Crippen LogP contribution in [0.2, 0.25) is 5.02 Å². The summed E-state index contributed by atoms with van der Waals surface area (Å²) in [6.45, 7) is -0.204. The smallest absolute Gasteiger partial charge is 0.341 e. The van der Waals surface area contributed by atoms with Gasteiger partial charge < -0.3 is 15.4 Å². The zero-order valence-electron chi connectivity index (χ0n) is 12.3. The third kappa shape index (κ3) is 4.19. The first-order chi connectivity index (χ1) is 10.9. The SMILES string of the molecule is NC(=O)[C@H]1CCCCN1C(=O)COC(=O)c1ccc(Cl)cc1F. The first kappa shape index (κ1) is 17.2. The van der Waals surface area contributed by atoms with Crippen LogP contribution in [-0.4, -0.2) is 41.9 Å². The van der Waals surface area contributed by atoms with Gasteiger partial charge in [-0.25, -0.2) is 9.18 Å². The van der Waals surface area contributed by atoms with Crippen molar-refractivity contribution in [3.63, 3.8) is 0 Å². The van der Waals surface area contributed by atoms with Gasteiger partial charge in [0.1, 0.15) is 11.9 Å². The molecule has 124 valence electrons. The van der Waals surface area contributed by atoms with E-state index in [-0.39, 0.29) is 10.6 Å². The monoisotopic (exact) mass is 342 g/mol. The Balaban J connectivity index is 1.97. The van der Waals surface area contributed by atoms with E-state index >= 15 is 0 Å². The van der Waals surface area contributed by atoms with Gasteiger partial charge in [0.25, 0.3) is 5.91 Å². The highest BCUT2D eigenvalue weighted by atomic mass is 35.5. The number of piperidine rings is 1. The summed E-state index contributed by atoms with van der Waals surface area (Å²) >= 11 is 5.60. The van der Waals surface area contributed by atoms with Crippen LogP contribution in [0.3, 0.4) is 0 Å². The molecule has 1 aromatic rings. The molecule has 0 aromatic heterocycles. The number of primary amides is 1. The number of amides is 2. The minimum absolute atomic E-state index is 0.146. The summed E-state index contributed by atoms with van der Waals surface area (Å²) in [6, 6.07) is 2.81. The van der Waals surface area contributed by atoms with Gasteiger partial charge in [0, 0.05) is 11.6 Å². The molecule has 0 saturated carbocycles. The third-order valence-corrected chi connectivity index (χ3v) is 3.86. The Bertz CT molecular complexity index is 638. The number of carbonyl (C=O) groups excluding carboxylic acids is 3. The molecule has 1 aliphatic heterocycles. The summed E-state index contributed by atoms with van der Waals surface area (Å²) in [6.07, 6.45) is 2.03. The van der Waals surface area contributed by atoms with Gasteiger partial charge in [-0.05, 0) is 37.5 Å². The van der Waals surface area contributed by atoms with Crippen molar-refractivity contribution >= 4 is 29.4 Å². The topological polar surface area (TPSA) is 89.7 Å². The molecular formula is C15H16ClFN2O4. The van der Waals surface area contributed by atoms with Crippen molar-refractivity contribution < 1.29 is 23.5 Å². The lowest BCUT2D eigenvalue weighted by Gasteiger charge is -2.33. The summed E-state index contributed by atoms with van der Waals surface area (Å²) in [7, 11) is 0. The average molecular weight is 343 g/mol. The molecule has 0 radical (unpaired) electrons. The van der Waals surface area contributed by atoms with E-state index in [1.54, 1.807) is 0 Å². The molecule has 23 heavy (non-hydrogen) atoms. The normalized spacial score (nSPS) is 17.7. The molecule has 1 fully saturated rings. The van der Waals surface area contributed by atoms with Crippen molar-refractivity contribution in [2.75, 3.05) is 13.2 Å². The Morgan fingerprint density at radius 2 is 2.09 bits per heavy atom. The van der Waals surface area contributed by atoms with Gasteiger partial charge in [0.05, 0.1) is 5.56 Å². The molecule has 1 aromatic carbocycles. The predicted molar refractivity (Wildman–Crippen MR) is 80.2 cm³/mol. The molecule has 2 rings (SSSR count). The standard InChI is InChI=1S/C15H16ClFN2O4/c16-9-4-5-10(11(17)7-9)15(22)23-8-13(20)19-6-2-1-3-12(19)14(18)21/h4-5,7,12H,1-3,6,8H2,(H2,18,21)/t12-/m1/s1. The van der Waals surface area contributed by atoms with E-state index in [0.29, 0.717) is 13.0 Å². The number of rotatable bonds is 4. The van der Waals surface area contributed by atoms with Crippen molar-refractivity contribution in [1.82, 2.24) is 4.90 Å². The molecule has 1 saturated heterocycles. The molecule has 8 heteroatoms. The van der Waals surface area contributed by atoms with E-state index in [1.165, 1.54) is 17.0 Å². The van der Waals surface area contributed by atoms with Gasteiger partial charge >= 0.3 is 5.97 Å². The van der Waals surface area contributed by atoms with Crippen LogP contribution in [0, 0.1) is 5.82 Å². The second kappa shape index (κ2) is 7.41. The maximum Gasteiger partial charge on any atom is 0.341 e. The van der Waals surface area contributed by atoms with Crippen LogP contribution in [0.25, 0.3) is 0 Å². The van der Waals surface area contributed by atoms with Crippen molar-refractivity contribution in [2.45, 2.75) is 25.3 Å². The Hall–Kier alpha value is -2.15. The number of esters is 1. The van der Waals surface area contributed by atoms with Crippen molar-refractivity contribution in [3.05, 3.63) is 34.6 Å². The van der Waals surface area contributed by atoms with E-state index < -0.39 is 36.2 Å². The molecule has 1 aliphatic rings. The van der Waals surface area contributed by atoms with Crippen molar-refractivity contribution in [2.24, 2.45) is 5.73 Å². The predicted octanol–water partition coefficient (Wildman–Crippen LogP) is 1.50.